The molecule has 86 valence electrons. The second-order valence-corrected chi connectivity index (χ2v) is 4.96. The molecule has 15 heavy (non-hydrogen) atoms. The number of nitrogens with one attached hydrogen (secondary N) is 1. The molecule has 0 saturated carbocycles. The number of nitrogens with two attached hydrogens (primary N) is 1. The lowest BCUT2D eigenvalue weighted by Crippen LogP contribution is -2.33. The van der Waals surface area contributed by atoms with E-state index in [1.165, 1.54) is 0 Å². The quantitative estimate of drug-likeness (QED) is 0.615. The highest BCUT2D eigenvalue weighted by Gasteiger charge is 2.27. The van der Waals surface area contributed by atoms with E-state index < -0.39 is 22.2 Å². The van der Waals surface area contributed by atoms with Crippen LogP contribution in [-0.4, -0.2) is 38.0 Å². The Balaban J connectivity index is 2.59. The van der Waals surface area contributed by atoms with Crippen LogP contribution < -0.4 is 9.86 Å². The molecule has 0 aromatic rings. The molecule has 0 aliphatic carbocycles. The fraction of sp³-hybridized carbons (Fsp3) is 0.667. The molecule has 1 rings (SSSR count). The molecule has 0 amide bonds. The maximum Gasteiger partial charge on any atom is 0.331 e. The number of hydrogen-bond donors (Lipinski definition) is 2. The average molecular weight is 253 g/mol. The van der Waals surface area contributed by atoms with Crippen molar-refractivity contribution in [2.24, 2.45) is 10.1 Å². The summed E-state index contributed by atoms with van der Waals surface area (Å²) >= 11 is 1.11. The van der Waals surface area contributed by atoms with Crippen LogP contribution in [0.3, 0.4) is 0 Å². The first-order valence-corrected chi connectivity index (χ1v) is 6.63. The van der Waals surface area contributed by atoms with Crippen molar-refractivity contribution in [1.82, 2.24) is 4.72 Å². The van der Waals surface area contributed by atoms with Crippen LogP contribution in [0, 0.1) is 0 Å². The molecule has 0 unspecified atom stereocenters. The highest BCUT2D eigenvalue weighted by molar-refractivity contribution is 8.15. The summed E-state index contributed by atoms with van der Waals surface area (Å²) in [6.07, 6.45) is 0. The zero-order valence-electron chi connectivity index (χ0n) is 7.97. The Morgan fingerprint density at radius 2 is 2.47 bits per heavy atom. The van der Waals surface area contributed by atoms with Crippen molar-refractivity contribution in [1.29, 1.82) is 0 Å². The molecule has 9 heteroatoms. The third-order valence-corrected chi connectivity index (χ3v) is 3.01. The van der Waals surface area contributed by atoms with E-state index in [0.29, 0.717) is 5.75 Å². The number of nitrogens with zero attached hydrogens (tertiary/aromatic N) is 1. The molecule has 0 fully saturated rings. The summed E-state index contributed by atoms with van der Waals surface area (Å²) in [5.74, 6) is -0.104. The topological polar surface area (TPSA) is 111 Å². The van der Waals surface area contributed by atoms with Crippen LogP contribution in [0.2, 0.25) is 0 Å². The number of ether oxygens (including phenoxy) is 1. The third-order valence-electron chi connectivity index (χ3n) is 1.44. The van der Waals surface area contributed by atoms with Crippen LogP contribution in [-0.2, 0) is 19.7 Å². The Labute approximate surface area is 91.6 Å². The van der Waals surface area contributed by atoms with Crippen LogP contribution in [0.4, 0.5) is 0 Å². The standard InChI is InChI=1S/C6H11N3O4S2/c1-2-13-5(10)4-3-14-6(8-4)9-15(7,11)12/h4H,2-3H2,1H3,(H,8,9)(H2,7,11,12)/t4-/m0/s1. The number of carbonyl (C=O) groups is 1. The largest absolute Gasteiger partial charge is 0.464 e. The van der Waals surface area contributed by atoms with E-state index in [1.54, 1.807) is 6.92 Å². The van der Waals surface area contributed by atoms with Gasteiger partial charge in [-0.05, 0) is 6.92 Å². The lowest BCUT2D eigenvalue weighted by Gasteiger charge is -2.03. The molecular weight excluding hydrogens is 242 g/mol. The molecule has 7 nitrogen and oxygen atoms in total. The van der Waals surface area contributed by atoms with Gasteiger partial charge in [0.25, 0.3) is 10.2 Å². The lowest BCUT2D eigenvalue weighted by atomic mass is 10.4. The number of carbonyl (C=O) groups excluding carboxylic acids is 1. The van der Waals surface area contributed by atoms with Gasteiger partial charge in [-0.3, -0.25) is 0 Å². The Hall–Kier alpha value is -0.800. The van der Waals surface area contributed by atoms with E-state index >= 15 is 0 Å². The third kappa shape index (κ3) is 4.06. The van der Waals surface area contributed by atoms with Crippen molar-refractivity contribution in [3.05, 3.63) is 0 Å². The SMILES string of the molecule is CCOC(=O)[C@@H]1CSC(NS(N)(=O)=O)=N1. The number of rotatable bonds is 3. The fourth-order valence-electron chi connectivity index (χ4n) is 0.911. The van der Waals surface area contributed by atoms with Gasteiger partial charge < -0.3 is 4.74 Å². The molecule has 0 spiro atoms. The number of hydrogen-bond acceptors (Lipinski definition) is 6. The summed E-state index contributed by atoms with van der Waals surface area (Å²) in [6, 6.07) is -0.654. The Kier molecular flexibility index (Phi) is 3.94. The number of amidine groups is 1. The summed E-state index contributed by atoms with van der Waals surface area (Å²) in [5, 5.41) is 4.87. The normalized spacial score (nSPS) is 20.9. The number of thioether (sulfide) groups is 1. The predicted molar refractivity (Wildman–Crippen MR) is 56.6 cm³/mol. The van der Waals surface area contributed by atoms with Crippen molar-refractivity contribution in [2.45, 2.75) is 13.0 Å². The molecule has 0 aromatic carbocycles. The first-order valence-electron chi connectivity index (χ1n) is 4.10. The Morgan fingerprint density at radius 3 is 3.00 bits per heavy atom. The van der Waals surface area contributed by atoms with E-state index in [4.69, 9.17) is 9.88 Å². The van der Waals surface area contributed by atoms with Gasteiger partial charge in [0.05, 0.1) is 6.61 Å². The summed E-state index contributed by atoms with van der Waals surface area (Å²) in [7, 11) is -3.82. The van der Waals surface area contributed by atoms with Gasteiger partial charge in [-0.2, -0.15) is 8.42 Å². The maximum absolute atomic E-state index is 11.2. The lowest BCUT2D eigenvalue weighted by molar-refractivity contribution is -0.143. The van der Waals surface area contributed by atoms with Crippen LogP contribution >= 0.6 is 11.8 Å². The highest BCUT2D eigenvalue weighted by Crippen LogP contribution is 2.17. The van der Waals surface area contributed by atoms with Crippen molar-refractivity contribution in [2.75, 3.05) is 12.4 Å². The Morgan fingerprint density at radius 1 is 1.80 bits per heavy atom. The van der Waals surface area contributed by atoms with E-state index in [9.17, 15) is 13.2 Å². The fourth-order valence-corrected chi connectivity index (χ4v) is 2.52. The first kappa shape index (κ1) is 12.3. The minimum atomic E-state index is -3.82. The van der Waals surface area contributed by atoms with E-state index in [2.05, 4.69) is 4.99 Å². The van der Waals surface area contributed by atoms with Crippen molar-refractivity contribution < 1.29 is 17.9 Å². The molecular formula is C6H11N3O4S2. The second-order valence-electron chi connectivity index (χ2n) is 2.66. The van der Waals surface area contributed by atoms with Gasteiger partial charge in [-0.15, -0.1) is 0 Å². The van der Waals surface area contributed by atoms with Crippen molar-refractivity contribution in [3.8, 4) is 0 Å². The van der Waals surface area contributed by atoms with E-state index in [0.717, 1.165) is 11.8 Å². The van der Waals surface area contributed by atoms with Gasteiger partial charge in [-0.25, -0.2) is 19.6 Å². The average Bonchev–Trinajstić information content (AvgIpc) is 2.50. The summed E-state index contributed by atoms with van der Waals surface area (Å²) in [5.41, 5.74) is 0. The van der Waals surface area contributed by atoms with Gasteiger partial charge in [0, 0.05) is 5.75 Å². The van der Waals surface area contributed by atoms with Gasteiger partial charge in [-0.1, -0.05) is 11.8 Å². The monoisotopic (exact) mass is 253 g/mol. The summed E-state index contributed by atoms with van der Waals surface area (Å²) in [6.45, 7) is 1.96. The summed E-state index contributed by atoms with van der Waals surface area (Å²) in [4.78, 5) is 15.0. The number of esters is 1. The predicted octanol–water partition coefficient (Wildman–Crippen LogP) is -1.19. The second kappa shape index (κ2) is 4.81. The zero-order valence-corrected chi connectivity index (χ0v) is 9.60. The van der Waals surface area contributed by atoms with Gasteiger partial charge in [0.15, 0.2) is 11.2 Å². The minimum absolute atomic E-state index is 0.121. The van der Waals surface area contributed by atoms with Crippen LogP contribution in [0.15, 0.2) is 4.99 Å². The highest BCUT2D eigenvalue weighted by atomic mass is 32.2. The van der Waals surface area contributed by atoms with E-state index in [1.807, 2.05) is 4.72 Å². The molecule has 0 radical (unpaired) electrons. The van der Waals surface area contributed by atoms with Crippen LogP contribution in [0.5, 0.6) is 0 Å². The van der Waals surface area contributed by atoms with Gasteiger partial charge in [0.1, 0.15) is 0 Å². The molecule has 1 aliphatic heterocycles. The molecule has 1 atom stereocenters. The summed E-state index contributed by atoms with van der Waals surface area (Å²) < 4.78 is 28.0. The van der Waals surface area contributed by atoms with Crippen molar-refractivity contribution >= 4 is 33.1 Å². The van der Waals surface area contributed by atoms with Crippen molar-refractivity contribution in [3.63, 3.8) is 0 Å². The number of aliphatic imine (C=N–C) groups is 1. The smallest absolute Gasteiger partial charge is 0.331 e. The molecule has 3 N–H and O–H groups in total. The molecule has 1 heterocycles. The molecule has 1 aliphatic rings. The zero-order chi connectivity index (χ0) is 11.5. The maximum atomic E-state index is 11.2. The van der Waals surface area contributed by atoms with Gasteiger partial charge >= 0.3 is 5.97 Å². The molecule has 0 saturated heterocycles. The van der Waals surface area contributed by atoms with Crippen LogP contribution in [0.25, 0.3) is 0 Å². The molecule has 0 bridgehead atoms. The van der Waals surface area contributed by atoms with E-state index in [-0.39, 0.29) is 11.8 Å². The Bertz CT molecular complexity index is 378. The minimum Gasteiger partial charge on any atom is -0.464 e. The van der Waals surface area contributed by atoms with Crippen LogP contribution in [0.1, 0.15) is 6.92 Å². The molecule has 0 aromatic heterocycles. The first-order chi connectivity index (χ1) is 6.92. The van der Waals surface area contributed by atoms with Gasteiger partial charge in [0.2, 0.25) is 0 Å².